The first-order valence-electron chi connectivity index (χ1n) is 8.42. The second-order valence-electron chi connectivity index (χ2n) is 6.56. The van der Waals surface area contributed by atoms with Gasteiger partial charge in [-0.15, -0.1) is 0 Å². The Kier molecular flexibility index (Phi) is 3.33. The van der Waals surface area contributed by atoms with Gasteiger partial charge in [0.15, 0.2) is 17.1 Å². The van der Waals surface area contributed by atoms with Gasteiger partial charge in [0, 0.05) is 29.0 Å². The Morgan fingerprint density at radius 1 is 1.11 bits per heavy atom. The summed E-state index contributed by atoms with van der Waals surface area (Å²) in [4.78, 5) is 8.08. The smallest absolute Gasteiger partial charge is 0.283 e. The fraction of sp³-hybridized carbons (Fsp3) is 0.100. The maximum atomic E-state index is 14.5. The molecule has 3 aromatic rings. The molecular formula is C20H13F2N3O3. The van der Waals surface area contributed by atoms with Crippen LogP contribution in [0.25, 0.3) is 11.1 Å². The molecule has 1 spiro atoms. The number of halogens is 2. The third-order valence-corrected chi connectivity index (χ3v) is 4.91. The number of amidine groups is 1. The molecule has 8 heteroatoms. The normalized spacial score (nSPS) is 19.4. The highest BCUT2D eigenvalue weighted by molar-refractivity contribution is 5.78. The summed E-state index contributed by atoms with van der Waals surface area (Å²) >= 11 is 0. The van der Waals surface area contributed by atoms with Crippen LogP contribution >= 0.6 is 0 Å². The molecule has 0 saturated carbocycles. The summed E-state index contributed by atoms with van der Waals surface area (Å²) in [5.74, 6) is -1.36. The first-order valence-corrected chi connectivity index (χ1v) is 8.42. The van der Waals surface area contributed by atoms with Crippen molar-refractivity contribution in [3.63, 3.8) is 0 Å². The number of hydrogen-bond acceptors (Lipinski definition) is 6. The molecule has 1 aromatic heterocycles. The molecule has 0 fully saturated rings. The van der Waals surface area contributed by atoms with E-state index >= 15 is 0 Å². The summed E-state index contributed by atoms with van der Waals surface area (Å²) in [5.41, 5.74) is 6.18. The first-order chi connectivity index (χ1) is 13.5. The maximum Gasteiger partial charge on any atom is 0.283 e. The quantitative estimate of drug-likeness (QED) is 0.631. The zero-order valence-electron chi connectivity index (χ0n) is 14.3. The van der Waals surface area contributed by atoms with Crippen molar-refractivity contribution in [3.8, 4) is 28.4 Å². The van der Waals surface area contributed by atoms with E-state index in [-0.39, 0.29) is 29.7 Å². The number of aromatic hydroxyl groups is 1. The van der Waals surface area contributed by atoms with Crippen LogP contribution in [-0.4, -0.2) is 22.7 Å². The molecule has 1 unspecified atom stereocenters. The number of pyridine rings is 1. The van der Waals surface area contributed by atoms with Gasteiger partial charge in [0.1, 0.15) is 18.1 Å². The van der Waals surface area contributed by atoms with E-state index in [1.807, 2.05) is 0 Å². The Balaban J connectivity index is 1.78. The van der Waals surface area contributed by atoms with Gasteiger partial charge in [-0.2, -0.15) is 4.39 Å². The molecule has 0 bridgehead atoms. The van der Waals surface area contributed by atoms with Crippen LogP contribution in [0.5, 0.6) is 17.2 Å². The second kappa shape index (κ2) is 5.66. The molecule has 2 aromatic carbocycles. The summed E-state index contributed by atoms with van der Waals surface area (Å²) < 4.78 is 39.8. The van der Waals surface area contributed by atoms with Crippen molar-refractivity contribution in [2.75, 3.05) is 6.61 Å². The highest BCUT2D eigenvalue weighted by Gasteiger charge is 2.48. The number of phenolic OH excluding ortho intramolecular Hbond substituents is 1. The van der Waals surface area contributed by atoms with Crippen LogP contribution in [0.1, 0.15) is 11.1 Å². The molecule has 2 aliphatic heterocycles. The van der Waals surface area contributed by atoms with Gasteiger partial charge >= 0.3 is 0 Å². The molecule has 0 amide bonds. The van der Waals surface area contributed by atoms with E-state index in [1.54, 1.807) is 30.3 Å². The van der Waals surface area contributed by atoms with E-state index in [0.717, 1.165) is 6.07 Å². The van der Waals surface area contributed by atoms with Gasteiger partial charge in [-0.25, -0.2) is 14.4 Å². The molecule has 6 nitrogen and oxygen atoms in total. The summed E-state index contributed by atoms with van der Waals surface area (Å²) in [6.07, 6.45) is 1.36. The Labute approximate surface area is 157 Å². The van der Waals surface area contributed by atoms with E-state index in [1.165, 1.54) is 12.3 Å². The fourth-order valence-corrected chi connectivity index (χ4v) is 3.66. The number of ether oxygens (including phenoxy) is 2. The number of rotatable bonds is 1. The van der Waals surface area contributed by atoms with Crippen molar-refractivity contribution >= 4 is 6.02 Å². The van der Waals surface area contributed by atoms with E-state index in [0.29, 0.717) is 22.4 Å². The first kappa shape index (κ1) is 16.5. The second-order valence-corrected chi connectivity index (χ2v) is 6.56. The maximum absolute atomic E-state index is 14.5. The minimum atomic E-state index is -1.22. The number of aromatic nitrogens is 1. The van der Waals surface area contributed by atoms with Gasteiger partial charge in [0.2, 0.25) is 5.95 Å². The zero-order chi connectivity index (χ0) is 19.5. The molecule has 140 valence electrons. The van der Waals surface area contributed by atoms with E-state index in [4.69, 9.17) is 15.2 Å². The molecule has 5 rings (SSSR count). The number of benzene rings is 2. The zero-order valence-corrected chi connectivity index (χ0v) is 14.3. The van der Waals surface area contributed by atoms with Gasteiger partial charge in [0.25, 0.3) is 6.02 Å². The minimum Gasteiger partial charge on any atom is -0.508 e. The van der Waals surface area contributed by atoms with Gasteiger partial charge in [-0.05, 0) is 35.9 Å². The molecular weight excluding hydrogens is 368 g/mol. The predicted molar refractivity (Wildman–Crippen MR) is 96.1 cm³/mol. The van der Waals surface area contributed by atoms with Crippen LogP contribution in [-0.2, 0) is 10.3 Å². The third kappa shape index (κ3) is 2.24. The SMILES string of the molecule is NC1=NC2(CO1)c1cc(-c3cccnc3F)ccc1Oc1c(F)cc(O)cc12. The standard InChI is InChI=1S/C20H13F2N3O3/c21-15-8-11(26)7-14-17(15)28-16-4-3-10(12-2-1-5-24-18(12)22)6-13(16)20(14)9-27-19(23)25-20/h1-8,26H,9H2,(H2,23,25). The predicted octanol–water partition coefficient (Wildman–Crippen LogP) is 3.43. The van der Waals surface area contributed by atoms with Crippen LogP contribution in [0.3, 0.4) is 0 Å². The lowest BCUT2D eigenvalue weighted by molar-refractivity contribution is 0.261. The average Bonchev–Trinajstić information content (AvgIpc) is 3.06. The van der Waals surface area contributed by atoms with Crippen molar-refractivity contribution in [2.24, 2.45) is 10.7 Å². The molecule has 2 aliphatic rings. The molecule has 1 atom stereocenters. The topological polar surface area (TPSA) is 90.0 Å². The van der Waals surface area contributed by atoms with Crippen LogP contribution in [0, 0.1) is 11.8 Å². The van der Waals surface area contributed by atoms with Crippen molar-refractivity contribution < 1.29 is 23.4 Å². The van der Waals surface area contributed by atoms with Crippen LogP contribution in [0.2, 0.25) is 0 Å². The van der Waals surface area contributed by atoms with Crippen molar-refractivity contribution in [3.05, 3.63) is 71.6 Å². The van der Waals surface area contributed by atoms with E-state index in [2.05, 4.69) is 9.98 Å². The minimum absolute atomic E-state index is 0.00986. The summed E-state index contributed by atoms with van der Waals surface area (Å²) in [6.45, 7) is -0.00986. The number of fused-ring (bicyclic) bond motifs is 4. The van der Waals surface area contributed by atoms with Gasteiger partial charge in [0.05, 0.1) is 0 Å². The lowest BCUT2D eigenvalue weighted by Crippen LogP contribution is -2.31. The Morgan fingerprint density at radius 3 is 2.71 bits per heavy atom. The molecule has 3 heterocycles. The number of phenols is 1. The number of aliphatic imine (C=N–C) groups is 1. The lowest BCUT2D eigenvalue weighted by atomic mass is 9.80. The van der Waals surface area contributed by atoms with Crippen LogP contribution < -0.4 is 10.5 Å². The average molecular weight is 381 g/mol. The molecule has 28 heavy (non-hydrogen) atoms. The lowest BCUT2D eigenvalue weighted by Gasteiger charge is -2.33. The van der Waals surface area contributed by atoms with Gasteiger partial charge in [-0.3, -0.25) is 0 Å². The molecule has 3 N–H and O–H groups in total. The number of nitrogens with two attached hydrogens (primary N) is 1. The molecule has 0 aliphatic carbocycles. The number of hydrogen-bond donors (Lipinski definition) is 2. The van der Waals surface area contributed by atoms with E-state index < -0.39 is 17.3 Å². The van der Waals surface area contributed by atoms with E-state index in [9.17, 15) is 13.9 Å². The summed E-state index contributed by atoms with van der Waals surface area (Å²) in [5, 5.41) is 9.92. The summed E-state index contributed by atoms with van der Waals surface area (Å²) in [7, 11) is 0. The highest BCUT2D eigenvalue weighted by Crippen LogP contribution is 2.53. The molecule has 0 radical (unpaired) electrons. The fourth-order valence-electron chi connectivity index (χ4n) is 3.66. The third-order valence-electron chi connectivity index (χ3n) is 4.91. The van der Waals surface area contributed by atoms with Crippen molar-refractivity contribution in [2.45, 2.75) is 5.54 Å². The highest BCUT2D eigenvalue weighted by atomic mass is 19.1. The molecule has 0 saturated heterocycles. The Morgan fingerprint density at radius 2 is 1.96 bits per heavy atom. The monoisotopic (exact) mass is 381 g/mol. The van der Waals surface area contributed by atoms with Crippen LogP contribution in [0.15, 0.2) is 53.7 Å². The van der Waals surface area contributed by atoms with Crippen LogP contribution in [0.4, 0.5) is 8.78 Å². The summed E-state index contributed by atoms with van der Waals surface area (Å²) in [6, 6.07) is 10.4. The van der Waals surface area contributed by atoms with Crippen molar-refractivity contribution in [1.29, 1.82) is 0 Å². The van der Waals surface area contributed by atoms with Gasteiger partial charge in [-0.1, -0.05) is 6.07 Å². The van der Waals surface area contributed by atoms with Gasteiger partial charge < -0.3 is 20.3 Å². The van der Waals surface area contributed by atoms with Crippen molar-refractivity contribution in [1.82, 2.24) is 4.98 Å². The number of nitrogens with zero attached hydrogens (tertiary/aromatic N) is 2. The largest absolute Gasteiger partial charge is 0.508 e. The Hall–Kier alpha value is -3.68. The Bertz CT molecular complexity index is 1170.